The first-order valence-corrected chi connectivity index (χ1v) is 7.53. The molecule has 0 saturated heterocycles. The maximum absolute atomic E-state index is 3.69. The Morgan fingerprint density at radius 2 is 1.65 bits per heavy atom. The zero-order valence-corrected chi connectivity index (χ0v) is 12.6. The molecule has 3 rings (SSSR count). The minimum Gasteiger partial charge on any atom is -0.382 e. The van der Waals surface area contributed by atoms with Crippen molar-refractivity contribution in [2.75, 3.05) is 5.32 Å². The second-order valence-electron chi connectivity index (χ2n) is 6.18. The predicted octanol–water partition coefficient (Wildman–Crippen LogP) is 4.97. The molecule has 0 aromatic heterocycles. The lowest BCUT2D eigenvalue weighted by Gasteiger charge is -2.38. The third-order valence-corrected chi connectivity index (χ3v) is 4.51. The summed E-state index contributed by atoms with van der Waals surface area (Å²) in [6.07, 6.45) is 2.50. The van der Waals surface area contributed by atoms with E-state index in [0.29, 0.717) is 6.04 Å². The molecule has 1 saturated carbocycles. The lowest BCUT2D eigenvalue weighted by atomic mass is 9.74. The van der Waals surface area contributed by atoms with E-state index in [0.717, 1.165) is 5.92 Å². The third-order valence-electron chi connectivity index (χ3n) is 4.51. The van der Waals surface area contributed by atoms with Crippen LogP contribution in [0.15, 0.2) is 42.5 Å². The standard InChI is InChI=1S/C19H23N/c1-13-8-9-19(15(3)10-13)20-17-11-16(12-17)18-7-5-4-6-14(18)2/h4-10,16-17,20H,11-12H2,1-3H3. The summed E-state index contributed by atoms with van der Waals surface area (Å²) >= 11 is 0. The molecule has 1 fully saturated rings. The predicted molar refractivity (Wildman–Crippen MR) is 86.5 cm³/mol. The highest BCUT2D eigenvalue weighted by Gasteiger charge is 2.31. The second kappa shape index (κ2) is 5.32. The molecular formula is C19H23N. The van der Waals surface area contributed by atoms with Crippen molar-refractivity contribution in [3.05, 3.63) is 64.7 Å². The second-order valence-corrected chi connectivity index (χ2v) is 6.18. The molecule has 1 aliphatic rings. The lowest BCUT2D eigenvalue weighted by Crippen LogP contribution is -2.34. The quantitative estimate of drug-likeness (QED) is 0.826. The average molecular weight is 265 g/mol. The molecule has 0 radical (unpaired) electrons. The van der Waals surface area contributed by atoms with Crippen LogP contribution in [0.25, 0.3) is 0 Å². The van der Waals surface area contributed by atoms with Crippen molar-refractivity contribution in [1.82, 2.24) is 0 Å². The lowest BCUT2D eigenvalue weighted by molar-refractivity contribution is 0.373. The van der Waals surface area contributed by atoms with Crippen LogP contribution in [0, 0.1) is 20.8 Å². The Balaban J connectivity index is 1.62. The highest BCUT2D eigenvalue weighted by atomic mass is 14.9. The number of aryl methyl sites for hydroxylation is 3. The molecule has 1 N–H and O–H groups in total. The van der Waals surface area contributed by atoms with Crippen LogP contribution < -0.4 is 5.32 Å². The molecule has 20 heavy (non-hydrogen) atoms. The molecule has 1 nitrogen and oxygen atoms in total. The summed E-state index contributed by atoms with van der Waals surface area (Å²) < 4.78 is 0. The Hall–Kier alpha value is -1.76. The van der Waals surface area contributed by atoms with Crippen LogP contribution >= 0.6 is 0 Å². The van der Waals surface area contributed by atoms with Crippen LogP contribution in [0.3, 0.4) is 0 Å². The van der Waals surface area contributed by atoms with Gasteiger partial charge in [0.2, 0.25) is 0 Å². The van der Waals surface area contributed by atoms with Gasteiger partial charge in [-0.15, -0.1) is 0 Å². The van der Waals surface area contributed by atoms with Crippen molar-refractivity contribution >= 4 is 5.69 Å². The van der Waals surface area contributed by atoms with Gasteiger partial charge in [0, 0.05) is 11.7 Å². The Kier molecular flexibility index (Phi) is 3.52. The normalized spacial score (nSPS) is 21.4. The van der Waals surface area contributed by atoms with Gasteiger partial charge in [0.1, 0.15) is 0 Å². The molecule has 0 bridgehead atoms. The summed E-state index contributed by atoms with van der Waals surface area (Å²) in [5.74, 6) is 0.736. The van der Waals surface area contributed by atoms with Crippen LogP contribution in [0.5, 0.6) is 0 Å². The number of hydrogen-bond donors (Lipinski definition) is 1. The number of hydrogen-bond acceptors (Lipinski definition) is 1. The molecule has 2 aromatic carbocycles. The average Bonchev–Trinajstić information content (AvgIpc) is 2.37. The van der Waals surface area contributed by atoms with E-state index in [9.17, 15) is 0 Å². The van der Waals surface area contributed by atoms with Gasteiger partial charge in [0.05, 0.1) is 0 Å². The van der Waals surface area contributed by atoms with Crippen molar-refractivity contribution in [1.29, 1.82) is 0 Å². The van der Waals surface area contributed by atoms with Crippen LogP contribution in [-0.4, -0.2) is 6.04 Å². The first kappa shape index (κ1) is 13.2. The fourth-order valence-corrected chi connectivity index (χ4v) is 3.23. The molecule has 2 aromatic rings. The van der Waals surface area contributed by atoms with Gasteiger partial charge in [-0.05, 0) is 62.3 Å². The smallest absolute Gasteiger partial charge is 0.0372 e. The van der Waals surface area contributed by atoms with E-state index in [4.69, 9.17) is 0 Å². The first-order chi connectivity index (χ1) is 9.63. The molecule has 0 atom stereocenters. The van der Waals surface area contributed by atoms with Gasteiger partial charge < -0.3 is 5.32 Å². The molecule has 0 unspecified atom stereocenters. The summed E-state index contributed by atoms with van der Waals surface area (Å²) in [6, 6.07) is 16.1. The van der Waals surface area contributed by atoms with E-state index in [1.807, 2.05) is 0 Å². The zero-order valence-electron chi connectivity index (χ0n) is 12.6. The van der Waals surface area contributed by atoms with Crippen molar-refractivity contribution in [2.24, 2.45) is 0 Å². The third kappa shape index (κ3) is 2.58. The summed E-state index contributed by atoms with van der Waals surface area (Å²) in [4.78, 5) is 0. The van der Waals surface area contributed by atoms with E-state index in [-0.39, 0.29) is 0 Å². The summed E-state index contributed by atoms with van der Waals surface area (Å²) in [6.45, 7) is 6.56. The summed E-state index contributed by atoms with van der Waals surface area (Å²) in [5.41, 5.74) is 6.95. The van der Waals surface area contributed by atoms with Gasteiger partial charge in [-0.25, -0.2) is 0 Å². The minimum absolute atomic E-state index is 0.626. The van der Waals surface area contributed by atoms with Crippen molar-refractivity contribution < 1.29 is 0 Å². The Morgan fingerprint density at radius 1 is 0.900 bits per heavy atom. The highest BCUT2D eigenvalue weighted by molar-refractivity contribution is 5.53. The molecule has 104 valence electrons. The number of anilines is 1. The van der Waals surface area contributed by atoms with Crippen LogP contribution in [0.1, 0.15) is 41.0 Å². The van der Waals surface area contributed by atoms with Crippen LogP contribution in [0.2, 0.25) is 0 Å². The van der Waals surface area contributed by atoms with Gasteiger partial charge in [0.25, 0.3) is 0 Å². The number of rotatable bonds is 3. The first-order valence-electron chi connectivity index (χ1n) is 7.53. The van der Waals surface area contributed by atoms with Gasteiger partial charge in [-0.3, -0.25) is 0 Å². The highest BCUT2D eigenvalue weighted by Crippen LogP contribution is 2.40. The van der Waals surface area contributed by atoms with E-state index < -0.39 is 0 Å². The van der Waals surface area contributed by atoms with E-state index in [1.165, 1.54) is 40.8 Å². The van der Waals surface area contributed by atoms with E-state index in [1.54, 1.807) is 0 Å². The number of nitrogens with one attached hydrogen (secondary N) is 1. The van der Waals surface area contributed by atoms with Crippen molar-refractivity contribution in [2.45, 2.75) is 45.6 Å². The Labute approximate surface area is 122 Å². The zero-order chi connectivity index (χ0) is 14.1. The monoisotopic (exact) mass is 265 g/mol. The van der Waals surface area contributed by atoms with E-state index in [2.05, 4.69) is 68.6 Å². The minimum atomic E-state index is 0.626. The fraction of sp³-hybridized carbons (Fsp3) is 0.368. The van der Waals surface area contributed by atoms with Gasteiger partial charge in [-0.1, -0.05) is 42.0 Å². The van der Waals surface area contributed by atoms with E-state index >= 15 is 0 Å². The van der Waals surface area contributed by atoms with Crippen LogP contribution in [0.4, 0.5) is 5.69 Å². The summed E-state index contributed by atoms with van der Waals surface area (Å²) in [7, 11) is 0. The molecular weight excluding hydrogens is 242 g/mol. The fourth-order valence-electron chi connectivity index (χ4n) is 3.23. The maximum Gasteiger partial charge on any atom is 0.0372 e. The van der Waals surface area contributed by atoms with Crippen molar-refractivity contribution in [3.8, 4) is 0 Å². The number of benzene rings is 2. The molecule has 0 aliphatic heterocycles. The summed E-state index contributed by atoms with van der Waals surface area (Å²) in [5, 5.41) is 3.69. The van der Waals surface area contributed by atoms with Gasteiger partial charge >= 0.3 is 0 Å². The van der Waals surface area contributed by atoms with Gasteiger partial charge in [0.15, 0.2) is 0 Å². The molecule has 0 amide bonds. The maximum atomic E-state index is 3.69. The molecule has 1 heteroatoms. The Morgan fingerprint density at radius 3 is 2.35 bits per heavy atom. The largest absolute Gasteiger partial charge is 0.382 e. The van der Waals surface area contributed by atoms with Crippen molar-refractivity contribution in [3.63, 3.8) is 0 Å². The SMILES string of the molecule is Cc1ccc(NC2CC(c3ccccc3C)C2)c(C)c1. The molecule has 1 aliphatic carbocycles. The van der Waals surface area contributed by atoms with Gasteiger partial charge in [-0.2, -0.15) is 0 Å². The Bertz CT molecular complexity index is 609. The topological polar surface area (TPSA) is 12.0 Å². The molecule has 0 heterocycles. The van der Waals surface area contributed by atoms with Crippen LogP contribution in [-0.2, 0) is 0 Å². The molecule has 0 spiro atoms.